The fraction of sp³-hybridized carbons (Fsp3) is 0.379. The van der Waals surface area contributed by atoms with Crippen LogP contribution in [0, 0.1) is 6.92 Å². The molecule has 1 aromatic carbocycles. The summed E-state index contributed by atoms with van der Waals surface area (Å²) in [5.41, 5.74) is 3.91. The number of hydrogen-bond acceptors (Lipinski definition) is 8. The number of thioether (sulfide) groups is 1. The Kier molecular flexibility index (Phi) is 7.65. The van der Waals surface area contributed by atoms with Gasteiger partial charge in [-0.3, -0.25) is 9.59 Å². The van der Waals surface area contributed by atoms with Crippen molar-refractivity contribution >= 4 is 34.7 Å². The molecule has 4 heterocycles. The van der Waals surface area contributed by atoms with E-state index in [0.717, 1.165) is 22.0 Å². The van der Waals surface area contributed by atoms with E-state index in [2.05, 4.69) is 0 Å². The molecular weight excluding hydrogens is 516 g/mol. The number of piperazine rings is 1. The lowest BCUT2D eigenvalue weighted by molar-refractivity contribution is -0.143. The second-order valence-electron chi connectivity index (χ2n) is 10.1. The number of carbonyl (C=O) groups is 3. The monoisotopic (exact) mass is 548 g/mol. The predicted molar refractivity (Wildman–Crippen MR) is 149 cm³/mol. The topological polar surface area (TPSA) is 95.7 Å². The van der Waals surface area contributed by atoms with E-state index in [1.807, 2.05) is 62.3 Å². The molecule has 10 heteroatoms. The third-order valence-corrected chi connectivity index (χ3v) is 7.83. The molecule has 0 unspecified atom stereocenters. The van der Waals surface area contributed by atoms with E-state index in [1.165, 1.54) is 18.0 Å². The van der Waals surface area contributed by atoms with Crippen molar-refractivity contribution in [2.75, 3.05) is 26.2 Å². The molecule has 1 aromatic heterocycles. The van der Waals surface area contributed by atoms with Crippen molar-refractivity contribution in [1.82, 2.24) is 14.7 Å². The fourth-order valence-electron chi connectivity index (χ4n) is 4.95. The van der Waals surface area contributed by atoms with Crippen LogP contribution in [0.1, 0.15) is 54.9 Å². The number of hydrogen-bond donors (Lipinski definition) is 0. The molecule has 3 aliphatic rings. The van der Waals surface area contributed by atoms with Crippen molar-refractivity contribution in [3.8, 4) is 0 Å². The van der Waals surface area contributed by atoms with Crippen molar-refractivity contribution in [2.45, 2.75) is 46.3 Å². The number of amidine groups is 1. The average Bonchev–Trinajstić information content (AvgIpc) is 3.58. The quantitative estimate of drug-likeness (QED) is 0.491. The number of amides is 2. The maximum Gasteiger partial charge on any atom is 0.338 e. The molecule has 0 spiro atoms. The Balaban J connectivity index is 1.34. The highest BCUT2D eigenvalue weighted by molar-refractivity contribution is 8.16. The number of benzene rings is 1. The van der Waals surface area contributed by atoms with Gasteiger partial charge in [-0.2, -0.15) is 0 Å². The lowest BCUT2D eigenvalue weighted by Crippen LogP contribution is -2.50. The summed E-state index contributed by atoms with van der Waals surface area (Å²) < 4.78 is 10.9. The number of ether oxygens (including phenoxy) is 1. The zero-order chi connectivity index (χ0) is 27.7. The SMILES string of the molecule is CC1=C(C(=O)OC(C)C)[C@@H](c2ccc(C)cc2)N2C(CC(=O)N3CCN(C(=O)c4ccco4)CC3)=CSC2=N1. The second kappa shape index (κ2) is 11.1. The molecule has 0 radical (unpaired) electrons. The molecule has 5 rings (SSSR count). The van der Waals surface area contributed by atoms with Gasteiger partial charge in [0, 0.05) is 31.9 Å². The first-order valence-electron chi connectivity index (χ1n) is 13.1. The minimum absolute atomic E-state index is 0.0339. The van der Waals surface area contributed by atoms with Gasteiger partial charge in [-0.25, -0.2) is 9.79 Å². The Bertz CT molecular complexity index is 1350. The van der Waals surface area contributed by atoms with Crippen LogP contribution in [-0.2, 0) is 14.3 Å². The maximum atomic E-state index is 13.4. The second-order valence-corrected chi connectivity index (χ2v) is 10.9. The minimum Gasteiger partial charge on any atom is -0.459 e. The number of fused-ring (bicyclic) bond motifs is 1. The molecular formula is C29H32N4O5S. The molecule has 1 saturated heterocycles. The maximum absolute atomic E-state index is 13.4. The summed E-state index contributed by atoms with van der Waals surface area (Å²) in [6.07, 6.45) is 1.36. The lowest BCUT2D eigenvalue weighted by atomic mass is 9.93. The van der Waals surface area contributed by atoms with Gasteiger partial charge in [0.2, 0.25) is 5.91 Å². The van der Waals surface area contributed by atoms with Crippen molar-refractivity contribution in [1.29, 1.82) is 0 Å². The van der Waals surface area contributed by atoms with E-state index in [0.29, 0.717) is 43.2 Å². The van der Waals surface area contributed by atoms with E-state index in [1.54, 1.807) is 21.9 Å². The number of furan rings is 1. The summed E-state index contributed by atoms with van der Waals surface area (Å²) in [7, 11) is 0. The van der Waals surface area contributed by atoms with Crippen LogP contribution in [0.4, 0.5) is 0 Å². The fourth-order valence-corrected chi connectivity index (χ4v) is 5.92. The van der Waals surface area contributed by atoms with Gasteiger partial charge in [-0.05, 0) is 50.8 Å². The molecule has 0 bridgehead atoms. The van der Waals surface area contributed by atoms with Gasteiger partial charge in [0.15, 0.2) is 10.9 Å². The number of carbonyl (C=O) groups excluding carboxylic acids is 3. The zero-order valence-electron chi connectivity index (χ0n) is 22.5. The highest BCUT2D eigenvalue weighted by atomic mass is 32.2. The summed E-state index contributed by atoms with van der Waals surface area (Å²) in [4.78, 5) is 49.5. The first-order valence-corrected chi connectivity index (χ1v) is 13.9. The average molecular weight is 549 g/mol. The molecule has 9 nitrogen and oxygen atoms in total. The molecule has 3 aliphatic heterocycles. The Hall–Kier alpha value is -3.79. The third kappa shape index (κ3) is 5.52. The summed E-state index contributed by atoms with van der Waals surface area (Å²) in [5.74, 6) is -0.304. The number of esters is 1. The van der Waals surface area contributed by atoms with Crippen LogP contribution in [0.3, 0.4) is 0 Å². The van der Waals surface area contributed by atoms with Crippen LogP contribution >= 0.6 is 11.8 Å². The van der Waals surface area contributed by atoms with Crippen molar-refractivity contribution in [3.05, 3.63) is 81.9 Å². The number of nitrogens with zero attached hydrogens (tertiary/aromatic N) is 4. The summed E-state index contributed by atoms with van der Waals surface area (Å²) >= 11 is 1.45. The van der Waals surface area contributed by atoms with Crippen LogP contribution < -0.4 is 0 Å². The highest BCUT2D eigenvalue weighted by Gasteiger charge is 2.41. The van der Waals surface area contributed by atoms with Crippen molar-refractivity contribution in [3.63, 3.8) is 0 Å². The summed E-state index contributed by atoms with van der Waals surface area (Å²) in [6.45, 7) is 9.26. The first kappa shape index (κ1) is 26.8. The van der Waals surface area contributed by atoms with E-state index in [4.69, 9.17) is 14.1 Å². The molecule has 1 fully saturated rings. The van der Waals surface area contributed by atoms with Gasteiger partial charge in [0.05, 0.1) is 36.1 Å². The number of aryl methyl sites for hydroxylation is 1. The normalized spacial score (nSPS) is 19.2. The lowest BCUT2D eigenvalue weighted by Gasteiger charge is -2.38. The predicted octanol–water partition coefficient (Wildman–Crippen LogP) is 4.49. The minimum atomic E-state index is -0.457. The molecule has 0 saturated carbocycles. The largest absolute Gasteiger partial charge is 0.459 e. The number of allylic oxidation sites excluding steroid dienone is 1. The Labute approximate surface area is 232 Å². The molecule has 0 aliphatic carbocycles. The van der Waals surface area contributed by atoms with Crippen molar-refractivity contribution < 1.29 is 23.5 Å². The van der Waals surface area contributed by atoms with E-state index in [9.17, 15) is 14.4 Å². The van der Waals surface area contributed by atoms with E-state index < -0.39 is 12.0 Å². The van der Waals surface area contributed by atoms with Gasteiger partial charge >= 0.3 is 5.97 Å². The van der Waals surface area contributed by atoms with Gasteiger partial charge < -0.3 is 23.9 Å². The third-order valence-electron chi connectivity index (χ3n) is 6.94. The van der Waals surface area contributed by atoms with Crippen LogP contribution in [0.2, 0.25) is 0 Å². The van der Waals surface area contributed by atoms with Gasteiger partial charge in [0.1, 0.15) is 0 Å². The zero-order valence-corrected chi connectivity index (χ0v) is 23.4. The molecule has 0 N–H and O–H groups in total. The Morgan fingerprint density at radius 3 is 2.38 bits per heavy atom. The summed E-state index contributed by atoms with van der Waals surface area (Å²) in [5, 5.41) is 2.68. The first-order chi connectivity index (χ1) is 18.7. The van der Waals surface area contributed by atoms with E-state index in [-0.39, 0.29) is 24.3 Å². The Morgan fingerprint density at radius 1 is 1.05 bits per heavy atom. The van der Waals surface area contributed by atoms with Gasteiger partial charge in [0.25, 0.3) is 5.91 Å². The van der Waals surface area contributed by atoms with Crippen LogP contribution in [-0.4, -0.2) is 69.9 Å². The van der Waals surface area contributed by atoms with Gasteiger partial charge in [-0.15, -0.1) is 0 Å². The highest BCUT2D eigenvalue weighted by Crippen LogP contribution is 2.45. The summed E-state index contributed by atoms with van der Waals surface area (Å²) in [6, 6.07) is 10.9. The smallest absolute Gasteiger partial charge is 0.338 e. The van der Waals surface area contributed by atoms with Crippen LogP contribution in [0.5, 0.6) is 0 Å². The standard InChI is InChI=1S/C29H32N4O5S/c1-18(2)38-28(36)25-20(4)30-29-33(26(25)21-9-7-19(3)8-10-21)22(17-39-29)16-24(34)31-11-13-32(14-12-31)27(35)23-6-5-15-37-23/h5-10,15,17-18,26H,11-14,16H2,1-4H3/t26-/m1/s1. The van der Waals surface area contributed by atoms with E-state index >= 15 is 0 Å². The van der Waals surface area contributed by atoms with Crippen LogP contribution in [0.25, 0.3) is 0 Å². The molecule has 2 aromatic rings. The molecule has 204 valence electrons. The van der Waals surface area contributed by atoms with Gasteiger partial charge in [-0.1, -0.05) is 41.6 Å². The number of aliphatic imine (C=N–C) groups is 1. The molecule has 2 amide bonds. The molecule has 39 heavy (non-hydrogen) atoms. The Morgan fingerprint density at radius 2 is 1.74 bits per heavy atom. The number of rotatable bonds is 6. The van der Waals surface area contributed by atoms with Crippen LogP contribution in [0.15, 0.2) is 74.4 Å². The molecule has 1 atom stereocenters. The van der Waals surface area contributed by atoms with Crippen molar-refractivity contribution in [2.24, 2.45) is 4.99 Å².